The molecule has 0 aliphatic carbocycles. The number of nitrogens with one attached hydrogen (secondary N) is 1. The Morgan fingerprint density at radius 1 is 1.12 bits per heavy atom. The van der Waals surface area contributed by atoms with Crippen LogP contribution in [0, 0.1) is 0 Å². The largest absolute Gasteiger partial charge is 0.458 e. The van der Waals surface area contributed by atoms with Gasteiger partial charge >= 0.3 is 5.97 Å². The van der Waals surface area contributed by atoms with Crippen LogP contribution in [0.2, 0.25) is 0 Å². The molecule has 0 fully saturated rings. The second kappa shape index (κ2) is 16.7. The highest BCUT2D eigenvalue weighted by atomic mass is 16.5. The highest BCUT2D eigenvalue weighted by molar-refractivity contribution is 5.89. The van der Waals surface area contributed by atoms with Crippen LogP contribution < -0.4 is 5.32 Å². The topological polar surface area (TPSA) is 75.6 Å². The van der Waals surface area contributed by atoms with Crippen LogP contribution in [0.25, 0.3) is 0 Å². The van der Waals surface area contributed by atoms with Gasteiger partial charge in [-0.3, -0.25) is 4.79 Å². The Bertz CT molecular complexity index is 464. The van der Waals surface area contributed by atoms with Crippen molar-refractivity contribution in [1.29, 1.82) is 0 Å². The Morgan fingerprint density at radius 3 is 2.56 bits per heavy atom. The fraction of sp³-hybridized carbons (Fsp3) is 0.500. The Morgan fingerprint density at radius 2 is 1.84 bits per heavy atom. The van der Waals surface area contributed by atoms with Crippen molar-refractivity contribution < 1.29 is 19.4 Å². The minimum atomic E-state index is -0.532. The van der Waals surface area contributed by atoms with E-state index in [9.17, 15) is 9.59 Å². The van der Waals surface area contributed by atoms with Gasteiger partial charge in [0.1, 0.15) is 6.61 Å². The van der Waals surface area contributed by atoms with E-state index in [-0.39, 0.29) is 18.6 Å². The van der Waals surface area contributed by atoms with Gasteiger partial charge in [0.25, 0.3) is 0 Å². The van der Waals surface area contributed by atoms with Crippen molar-refractivity contribution in [3.05, 3.63) is 49.2 Å². The third-order valence-corrected chi connectivity index (χ3v) is 3.28. The molecule has 5 nitrogen and oxygen atoms in total. The first-order valence-electron chi connectivity index (χ1n) is 8.82. The second-order valence-corrected chi connectivity index (χ2v) is 5.74. The van der Waals surface area contributed by atoms with Crippen molar-refractivity contribution >= 4 is 11.9 Å². The summed E-state index contributed by atoms with van der Waals surface area (Å²) in [5, 5.41) is 11.6. The molecule has 2 N–H and O–H groups in total. The van der Waals surface area contributed by atoms with Crippen molar-refractivity contribution in [2.45, 2.75) is 58.0 Å². The molecule has 1 amide bonds. The molecule has 25 heavy (non-hydrogen) atoms. The minimum Gasteiger partial charge on any atom is -0.458 e. The first-order valence-corrected chi connectivity index (χ1v) is 8.82. The summed E-state index contributed by atoms with van der Waals surface area (Å²) in [7, 11) is 0. The number of aliphatic hydroxyl groups excluding tert-OH is 1. The zero-order chi connectivity index (χ0) is 18.8. The number of allylic oxidation sites excluding steroid dienone is 3. The van der Waals surface area contributed by atoms with E-state index in [1.165, 1.54) is 37.6 Å². The van der Waals surface area contributed by atoms with Crippen LogP contribution in [0.15, 0.2) is 49.2 Å². The van der Waals surface area contributed by atoms with Gasteiger partial charge in [-0.2, -0.15) is 0 Å². The summed E-state index contributed by atoms with van der Waals surface area (Å²) >= 11 is 0. The number of rotatable bonds is 14. The number of carbonyl (C=O) groups excluding carboxylic acids is 2. The van der Waals surface area contributed by atoms with Crippen molar-refractivity contribution in [1.82, 2.24) is 5.32 Å². The van der Waals surface area contributed by atoms with E-state index >= 15 is 0 Å². The Labute approximate surface area is 151 Å². The Balaban J connectivity index is 3.63. The third kappa shape index (κ3) is 18.0. The number of hydrogen-bond acceptors (Lipinski definition) is 4. The van der Waals surface area contributed by atoms with E-state index in [1.54, 1.807) is 6.08 Å². The minimum absolute atomic E-state index is 0.143. The highest BCUT2D eigenvalue weighted by Gasteiger charge is 1.95. The lowest BCUT2D eigenvalue weighted by molar-refractivity contribution is -0.136. The second-order valence-electron chi connectivity index (χ2n) is 5.74. The van der Waals surface area contributed by atoms with E-state index in [2.05, 4.69) is 11.9 Å². The number of amides is 1. The number of hydrogen-bond donors (Lipinski definition) is 2. The van der Waals surface area contributed by atoms with Gasteiger partial charge in [-0.1, -0.05) is 56.6 Å². The quantitative estimate of drug-likeness (QED) is 0.165. The number of carbonyl (C=O) groups is 2. The molecule has 1 atom stereocenters. The van der Waals surface area contributed by atoms with Crippen molar-refractivity contribution in [2.75, 3.05) is 6.61 Å². The molecule has 0 saturated heterocycles. The van der Waals surface area contributed by atoms with Crippen LogP contribution in [0.5, 0.6) is 0 Å². The third-order valence-electron chi connectivity index (χ3n) is 3.28. The molecule has 0 aliphatic heterocycles. The number of esters is 1. The van der Waals surface area contributed by atoms with Crippen molar-refractivity contribution in [3.63, 3.8) is 0 Å². The molecule has 5 heteroatoms. The maximum absolute atomic E-state index is 11.5. The molecule has 0 heterocycles. The van der Waals surface area contributed by atoms with E-state index < -0.39 is 5.97 Å². The fourth-order valence-corrected chi connectivity index (χ4v) is 1.98. The van der Waals surface area contributed by atoms with Crippen molar-refractivity contribution in [2.24, 2.45) is 0 Å². The highest BCUT2D eigenvalue weighted by Crippen LogP contribution is 2.08. The molecular weight excluding hydrogens is 318 g/mol. The number of ether oxygens (including phenoxy) is 1. The van der Waals surface area contributed by atoms with Crippen LogP contribution in [-0.4, -0.2) is 29.7 Å². The molecule has 0 aliphatic rings. The van der Waals surface area contributed by atoms with Crippen LogP contribution >= 0.6 is 0 Å². The monoisotopic (exact) mass is 349 g/mol. The molecule has 0 aromatic heterocycles. The zero-order valence-corrected chi connectivity index (χ0v) is 15.2. The Kier molecular flexibility index (Phi) is 15.3. The zero-order valence-electron chi connectivity index (χ0n) is 15.2. The normalized spacial score (nSPS) is 12.7. The van der Waals surface area contributed by atoms with E-state index in [0.29, 0.717) is 0 Å². The molecular formula is C20H31NO4. The Hall–Kier alpha value is -2.14. The summed E-state index contributed by atoms with van der Waals surface area (Å²) in [6, 6.07) is 0. The fourth-order valence-electron chi connectivity index (χ4n) is 1.98. The van der Waals surface area contributed by atoms with Gasteiger partial charge in [0.05, 0.1) is 6.10 Å². The summed E-state index contributed by atoms with van der Waals surface area (Å²) in [6.45, 7) is 5.40. The molecule has 0 aromatic rings. The number of aliphatic hydroxyl groups is 1. The molecule has 0 bridgehead atoms. The van der Waals surface area contributed by atoms with Gasteiger partial charge in [-0.25, -0.2) is 4.79 Å². The van der Waals surface area contributed by atoms with Gasteiger partial charge in [-0.15, -0.1) is 0 Å². The first kappa shape index (κ1) is 22.9. The molecule has 0 saturated carbocycles. The summed E-state index contributed by atoms with van der Waals surface area (Å²) in [5.74, 6) is -0.842. The number of unbranched alkanes of at least 4 members (excludes halogenated alkanes) is 5. The average molecular weight is 349 g/mol. The summed E-state index contributed by atoms with van der Waals surface area (Å²) in [6.07, 6.45) is 18.2. The summed E-state index contributed by atoms with van der Waals surface area (Å²) in [4.78, 5) is 22.6. The maximum Gasteiger partial charge on any atom is 0.332 e. The van der Waals surface area contributed by atoms with Crippen LogP contribution in [-0.2, 0) is 14.3 Å². The van der Waals surface area contributed by atoms with Gasteiger partial charge in [0.15, 0.2) is 0 Å². The van der Waals surface area contributed by atoms with Gasteiger partial charge < -0.3 is 15.2 Å². The standard InChI is InChI=1S/C20H31NO4/c1-3-17-25-20(24)15-16-21-19(23)14-12-10-8-6-4-5-7-9-11-13-18(2)22/h3,8,10,12,14-16,18,22H,1,4-7,9,11,13,17H2,2H3,(H,21,23)/b10-8+,14-12+,16-15+. The van der Waals surface area contributed by atoms with E-state index in [1.807, 2.05) is 19.1 Å². The molecule has 0 radical (unpaired) electrons. The van der Waals surface area contributed by atoms with E-state index in [4.69, 9.17) is 9.84 Å². The van der Waals surface area contributed by atoms with Crippen LogP contribution in [0.1, 0.15) is 51.9 Å². The predicted molar refractivity (Wildman–Crippen MR) is 101 cm³/mol. The summed E-state index contributed by atoms with van der Waals surface area (Å²) in [5.41, 5.74) is 0. The molecule has 140 valence electrons. The smallest absolute Gasteiger partial charge is 0.332 e. The molecule has 1 unspecified atom stereocenters. The SMILES string of the molecule is C=CCOC(=O)/C=C/NC(=O)/C=C/C=C/CCCCCCCC(C)O. The maximum atomic E-state index is 11.5. The van der Waals surface area contributed by atoms with Gasteiger partial charge in [0, 0.05) is 18.4 Å². The van der Waals surface area contributed by atoms with Gasteiger partial charge in [0.2, 0.25) is 5.91 Å². The lowest BCUT2D eigenvalue weighted by Crippen LogP contribution is -2.14. The van der Waals surface area contributed by atoms with E-state index in [0.717, 1.165) is 31.8 Å². The first-order chi connectivity index (χ1) is 12.1. The predicted octanol–water partition coefficient (Wildman–Crippen LogP) is 3.57. The molecule has 0 aromatic carbocycles. The van der Waals surface area contributed by atoms with Crippen LogP contribution in [0.4, 0.5) is 0 Å². The molecule has 0 spiro atoms. The lowest BCUT2D eigenvalue weighted by atomic mass is 10.1. The van der Waals surface area contributed by atoms with Gasteiger partial charge in [-0.05, 0) is 26.2 Å². The van der Waals surface area contributed by atoms with Crippen molar-refractivity contribution in [3.8, 4) is 0 Å². The lowest BCUT2D eigenvalue weighted by Gasteiger charge is -2.02. The summed E-state index contributed by atoms with van der Waals surface area (Å²) < 4.78 is 4.71. The average Bonchev–Trinajstić information content (AvgIpc) is 2.57. The van der Waals surface area contributed by atoms with Crippen LogP contribution in [0.3, 0.4) is 0 Å². The molecule has 0 rings (SSSR count).